The molecule has 2 heterocycles. The molecule has 58 heavy (non-hydrogen) atoms. The summed E-state index contributed by atoms with van der Waals surface area (Å²) < 4.78 is 36.1. The Kier molecular flexibility index (Phi) is 24.5. The highest BCUT2D eigenvalue weighted by Gasteiger charge is 2.47. The van der Waals surface area contributed by atoms with Crippen LogP contribution >= 0.6 is 7.67 Å². The van der Waals surface area contributed by atoms with Crippen LogP contribution in [0.3, 0.4) is 0 Å². The van der Waals surface area contributed by atoms with Crippen LogP contribution in [0.1, 0.15) is 137 Å². The molecule has 1 fully saturated rings. The van der Waals surface area contributed by atoms with Crippen LogP contribution in [0.25, 0.3) is 0 Å². The Morgan fingerprint density at radius 2 is 1.38 bits per heavy atom. The van der Waals surface area contributed by atoms with Gasteiger partial charge in [0.15, 0.2) is 6.23 Å². The van der Waals surface area contributed by atoms with Crippen molar-refractivity contribution < 1.29 is 47.9 Å². The number of hydrogen-bond acceptors (Lipinski definition) is 12. The first-order chi connectivity index (χ1) is 27.6. The predicted molar refractivity (Wildman–Crippen MR) is 226 cm³/mol. The summed E-state index contributed by atoms with van der Waals surface area (Å²) in [6.07, 6.45) is 18.6. The van der Waals surface area contributed by atoms with Crippen molar-refractivity contribution in [3.8, 4) is 0 Å². The fraction of sp³-hybridized carbons (Fsp3) is 0.762. The largest absolute Gasteiger partial charge is 0.468 e. The number of amidine groups is 1. The molecule has 2 aliphatic rings. The van der Waals surface area contributed by atoms with Crippen molar-refractivity contribution in [3.05, 3.63) is 36.8 Å². The van der Waals surface area contributed by atoms with Gasteiger partial charge in [0.05, 0.1) is 20.8 Å². The smallest absolute Gasteiger partial charge is 0.342 e. The van der Waals surface area contributed by atoms with E-state index in [9.17, 15) is 29.2 Å². The second-order valence-corrected chi connectivity index (χ2v) is 18.0. The molecule has 0 bridgehead atoms. The molecule has 16 heteroatoms. The SMILES string of the molecule is C=C1N=C(NC(=O)CCCCCCC/C=C/CCCCCCCC)C=CN1[C@@H]1O[C@H](COP(=O)(N[C@@H](CC(C)C)C(=O)OC)N[C@@H](CC(C)C)C(=O)OC)C(O)[C@H]1O. The van der Waals surface area contributed by atoms with Gasteiger partial charge in [0.2, 0.25) is 5.91 Å². The van der Waals surface area contributed by atoms with Crippen molar-refractivity contribution in [2.45, 2.75) is 174 Å². The molecule has 15 nitrogen and oxygen atoms in total. The van der Waals surface area contributed by atoms with E-state index in [-0.39, 0.29) is 42.2 Å². The number of aliphatic hydroxyl groups is 2. The summed E-state index contributed by atoms with van der Waals surface area (Å²) >= 11 is 0. The quantitative estimate of drug-likeness (QED) is 0.0229. The predicted octanol–water partition coefficient (Wildman–Crippen LogP) is 6.77. The first kappa shape index (κ1) is 51.2. The van der Waals surface area contributed by atoms with Crippen molar-refractivity contribution >= 4 is 31.4 Å². The van der Waals surface area contributed by atoms with Gasteiger partial charge in [0, 0.05) is 12.6 Å². The van der Waals surface area contributed by atoms with Crippen LogP contribution < -0.4 is 15.5 Å². The van der Waals surface area contributed by atoms with Crippen LogP contribution in [0, 0.1) is 11.8 Å². The van der Waals surface area contributed by atoms with E-state index in [1.54, 1.807) is 6.08 Å². The van der Waals surface area contributed by atoms with Crippen LogP contribution in [0.15, 0.2) is 41.8 Å². The third-order valence-electron chi connectivity index (χ3n) is 9.94. The average Bonchev–Trinajstić information content (AvgIpc) is 3.45. The van der Waals surface area contributed by atoms with Crippen LogP contribution in [-0.2, 0) is 37.7 Å². The van der Waals surface area contributed by atoms with E-state index in [1.807, 2.05) is 27.7 Å². The molecular formula is C42H74N5O10P. The lowest BCUT2D eigenvalue weighted by molar-refractivity contribution is -0.143. The molecule has 1 saturated heterocycles. The molecule has 332 valence electrons. The van der Waals surface area contributed by atoms with Crippen molar-refractivity contribution in [1.29, 1.82) is 0 Å². The number of aliphatic imine (C=N–C) groups is 1. The number of nitrogens with one attached hydrogen (secondary N) is 3. The Hall–Kier alpha value is -2.91. The maximum Gasteiger partial charge on any atom is 0.342 e. The number of ether oxygens (including phenoxy) is 3. The highest BCUT2D eigenvalue weighted by atomic mass is 31.2. The summed E-state index contributed by atoms with van der Waals surface area (Å²) in [5.74, 6) is -1.10. The number of methoxy groups -OCH3 is 2. The summed E-state index contributed by atoms with van der Waals surface area (Å²) in [6, 6.07) is -2.13. The van der Waals surface area contributed by atoms with Gasteiger partial charge >= 0.3 is 19.6 Å². The minimum atomic E-state index is -4.27. The van der Waals surface area contributed by atoms with E-state index < -0.39 is 62.8 Å². The highest BCUT2D eigenvalue weighted by Crippen LogP contribution is 2.42. The van der Waals surface area contributed by atoms with Gasteiger partial charge in [-0.15, -0.1) is 0 Å². The van der Waals surface area contributed by atoms with E-state index in [1.165, 1.54) is 70.3 Å². The molecule has 2 aliphatic heterocycles. The molecule has 0 saturated carbocycles. The molecule has 0 aromatic carbocycles. The summed E-state index contributed by atoms with van der Waals surface area (Å²) in [4.78, 5) is 43.8. The third kappa shape index (κ3) is 19.0. The van der Waals surface area contributed by atoms with Gasteiger partial charge in [-0.25, -0.2) is 15.2 Å². The summed E-state index contributed by atoms with van der Waals surface area (Å²) in [6.45, 7) is 13.2. The third-order valence-corrected chi connectivity index (χ3v) is 11.8. The monoisotopic (exact) mass is 840 g/mol. The molecule has 0 aliphatic carbocycles. The molecule has 0 aromatic heterocycles. The van der Waals surface area contributed by atoms with Gasteiger partial charge in [0.25, 0.3) is 0 Å². The highest BCUT2D eigenvalue weighted by molar-refractivity contribution is 7.54. The number of carbonyl (C=O) groups is 3. The summed E-state index contributed by atoms with van der Waals surface area (Å²) in [7, 11) is -1.85. The molecule has 6 atom stereocenters. The number of aliphatic hydroxyl groups excluding tert-OH is 2. The zero-order chi connectivity index (χ0) is 43.1. The van der Waals surface area contributed by atoms with Crippen molar-refractivity contribution in [3.63, 3.8) is 0 Å². The lowest BCUT2D eigenvalue weighted by atomic mass is 10.1. The minimum Gasteiger partial charge on any atom is -0.468 e. The van der Waals surface area contributed by atoms with Crippen LogP contribution in [0.5, 0.6) is 0 Å². The fourth-order valence-electron chi connectivity index (χ4n) is 6.76. The number of unbranched alkanes of at least 4 members (excludes halogenated alkanes) is 11. The van der Waals surface area contributed by atoms with E-state index >= 15 is 0 Å². The number of nitrogens with zero attached hydrogens (tertiary/aromatic N) is 2. The molecule has 0 aromatic rings. The van der Waals surface area contributed by atoms with E-state index in [0.29, 0.717) is 6.42 Å². The molecule has 0 spiro atoms. The van der Waals surface area contributed by atoms with Gasteiger partial charge in [-0.2, -0.15) is 0 Å². The second kappa shape index (κ2) is 27.8. The van der Waals surface area contributed by atoms with E-state index in [2.05, 4.69) is 46.1 Å². The Labute approximate surface area is 347 Å². The zero-order valence-electron chi connectivity index (χ0n) is 36.2. The fourth-order valence-corrected chi connectivity index (χ4v) is 8.58. The van der Waals surface area contributed by atoms with Crippen molar-refractivity contribution in [2.75, 3.05) is 20.8 Å². The molecule has 2 rings (SSSR count). The van der Waals surface area contributed by atoms with Crippen LogP contribution in [0.2, 0.25) is 0 Å². The van der Waals surface area contributed by atoms with Gasteiger partial charge in [-0.1, -0.05) is 105 Å². The Bertz CT molecular complexity index is 1370. The van der Waals surface area contributed by atoms with Gasteiger partial charge in [-0.05, 0) is 62.9 Å². The number of amides is 1. The van der Waals surface area contributed by atoms with Crippen LogP contribution in [-0.4, -0.2) is 96.2 Å². The molecule has 1 amide bonds. The van der Waals surface area contributed by atoms with Gasteiger partial charge < -0.3 is 39.2 Å². The second-order valence-electron chi connectivity index (χ2n) is 16.1. The Morgan fingerprint density at radius 3 is 1.88 bits per heavy atom. The summed E-state index contributed by atoms with van der Waals surface area (Å²) in [5, 5.41) is 30.3. The first-order valence-electron chi connectivity index (χ1n) is 21.3. The lowest BCUT2D eigenvalue weighted by Crippen LogP contribution is -2.46. The Balaban J connectivity index is 1.90. The number of carbonyl (C=O) groups excluding carboxylic acids is 3. The molecule has 5 N–H and O–H groups in total. The normalized spacial score (nSPS) is 20.8. The van der Waals surface area contributed by atoms with Crippen molar-refractivity contribution in [2.24, 2.45) is 16.8 Å². The summed E-state index contributed by atoms with van der Waals surface area (Å²) in [5.41, 5.74) is 0. The van der Waals surface area contributed by atoms with Gasteiger partial charge in [-0.3, -0.25) is 18.9 Å². The number of hydrogen-bond donors (Lipinski definition) is 5. The van der Waals surface area contributed by atoms with Crippen molar-refractivity contribution in [1.82, 2.24) is 20.4 Å². The maximum atomic E-state index is 14.4. The molecule has 0 radical (unpaired) electrons. The topological polar surface area (TPSA) is 197 Å². The number of esters is 2. The Morgan fingerprint density at radius 1 is 0.862 bits per heavy atom. The molecular weight excluding hydrogens is 765 g/mol. The van der Waals surface area contributed by atoms with E-state index in [4.69, 9.17) is 18.7 Å². The van der Waals surface area contributed by atoms with Gasteiger partial charge in [0.1, 0.15) is 42.1 Å². The van der Waals surface area contributed by atoms with Crippen LogP contribution in [0.4, 0.5) is 0 Å². The molecule has 1 unspecified atom stereocenters. The lowest BCUT2D eigenvalue weighted by Gasteiger charge is -2.31. The number of rotatable bonds is 29. The standard InChI is InChI=1S/C42H74N5O10P/c1-9-10-11-12-13-14-15-16-17-18-19-20-21-22-23-24-37(48)44-36-25-26-47(32(6)43-36)40-39(50)38(49)35(57-40)29-56-58(53,45-33(27-30(2)3)41(51)54-7)46-34(28-31(4)5)42(52)55-8/h16-17,25-26,30-31,33-35,38-40,49-50H,6,9-15,18-24,27-29H2,1-5,7-8H3,(H,43,44,48)(H2,45,46,53)/b17-16+/t33-,34-,35+,38?,39+,40+/m0/s1. The van der Waals surface area contributed by atoms with E-state index in [0.717, 1.165) is 38.5 Å². The number of allylic oxidation sites excluding steroid dienone is 2. The maximum absolute atomic E-state index is 14.4. The zero-order valence-corrected chi connectivity index (χ0v) is 37.1. The minimum absolute atomic E-state index is 0.00723. The average molecular weight is 840 g/mol. The first-order valence-corrected chi connectivity index (χ1v) is 22.9.